The third-order valence-electron chi connectivity index (χ3n) is 3.68. The first-order valence-electron chi connectivity index (χ1n) is 7.32. The van der Waals surface area contributed by atoms with Crippen LogP contribution in [0.5, 0.6) is 0 Å². The molecule has 0 aliphatic carbocycles. The Morgan fingerprint density at radius 2 is 1.77 bits per heavy atom. The second kappa shape index (κ2) is 6.89. The van der Waals surface area contributed by atoms with E-state index in [1.807, 2.05) is 0 Å². The molecule has 3 nitrogen and oxygen atoms in total. The van der Waals surface area contributed by atoms with E-state index in [9.17, 15) is 22.4 Å². The van der Waals surface area contributed by atoms with E-state index in [2.05, 4.69) is 4.99 Å². The number of anilines is 1. The van der Waals surface area contributed by atoms with E-state index < -0.39 is 24.9 Å². The molecule has 26 heavy (non-hydrogen) atoms. The van der Waals surface area contributed by atoms with Crippen LogP contribution in [0.25, 0.3) is 0 Å². The van der Waals surface area contributed by atoms with Crippen molar-refractivity contribution >= 4 is 40.5 Å². The first-order chi connectivity index (χ1) is 12.2. The summed E-state index contributed by atoms with van der Waals surface area (Å²) in [6.07, 6.45) is -7.23. The van der Waals surface area contributed by atoms with Gasteiger partial charge in [-0.05, 0) is 24.3 Å². The fourth-order valence-corrected chi connectivity index (χ4v) is 3.03. The van der Waals surface area contributed by atoms with E-state index >= 15 is 0 Å². The van der Waals surface area contributed by atoms with Gasteiger partial charge in [0.2, 0.25) is 0 Å². The average molecular weight is 405 g/mol. The molecule has 3 rings (SSSR count). The number of benzene rings is 2. The molecule has 0 saturated carbocycles. The summed E-state index contributed by atoms with van der Waals surface area (Å²) in [5.74, 6) is -1.41. The predicted octanol–water partition coefficient (Wildman–Crippen LogP) is 5.04. The second-order valence-electron chi connectivity index (χ2n) is 5.49. The summed E-state index contributed by atoms with van der Waals surface area (Å²) >= 11 is 12.1. The van der Waals surface area contributed by atoms with Gasteiger partial charge in [-0.25, -0.2) is 9.38 Å². The summed E-state index contributed by atoms with van der Waals surface area (Å²) in [7, 11) is 0. The second-order valence-corrected chi connectivity index (χ2v) is 6.34. The first-order valence-corrected chi connectivity index (χ1v) is 8.08. The topological polar surface area (TPSA) is 32.7 Å². The molecule has 0 N–H and O–H groups in total. The zero-order valence-corrected chi connectivity index (χ0v) is 14.4. The maximum atomic E-state index is 14.4. The van der Waals surface area contributed by atoms with Gasteiger partial charge in [-0.1, -0.05) is 41.4 Å². The van der Waals surface area contributed by atoms with Crippen molar-refractivity contribution in [2.45, 2.75) is 12.5 Å². The predicted molar refractivity (Wildman–Crippen MR) is 91.8 cm³/mol. The van der Waals surface area contributed by atoms with E-state index in [4.69, 9.17) is 23.2 Å². The highest BCUT2D eigenvalue weighted by molar-refractivity contribution is 6.37. The number of carbonyl (C=O) groups is 1. The van der Waals surface area contributed by atoms with Gasteiger partial charge in [0, 0.05) is 21.2 Å². The Morgan fingerprint density at radius 1 is 1.08 bits per heavy atom. The van der Waals surface area contributed by atoms with Crippen LogP contribution in [0.2, 0.25) is 10.0 Å². The number of nitrogens with zero attached hydrogens (tertiary/aromatic N) is 2. The summed E-state index contributed by atoms with van der Waals surface area (Å²) in [6.45, 7) is -1.65. The third-order valence-corrected chi connectivity index (χ3v) is 4.25. The number of halogens is 6. The molecule has 2 aromatic rings. The highest BCUT2D eigenvalue weighted by Crippen LogP contribution is 2.34. The van der Waals surface area contributed by atoms with Crippen molar-refractivity contribution in [3.8, 4) is 0 Å². The van der Waals surface area contributed by atoms with Crippen LogP contribution < -0.4 is 4.90 Å². The summed E-state index contributed by atoms with van der Waals surface area (Å²) < 4.78 is 53.2. The maximum Gasteiger partial charge on any atom is 0.406 e. The van der Waals surface area contributed by atoms with Crippen LogP contribution >= 0.6 is 23.2 Å². The molecular formula is C17H10Cl2F4N2O. The lowest BCUT2D eigenvalue weighted by molar-refractivity contribution is -0.135. The van der Waals surface area contributed by atoms with Gasteiger partial charge in [0.1, 0.15) is 6.54 Å². The zero-order chi connectivity index (χ0) is 19.1. The van der Waals surface area contributed by atoms with Crippen LogP contribution in [-0.4, -0.2) is 30.6 Å². The Balaban J connectivity index is 2.25. The Labute approximate surface area is 155 Å². The number of benzodiazepines with no additional fused rings is 1. The Morgan fingerprint density at radius 3 is 2.42 bits per heavy atom. The molecule has 1 heterocycles. The van der Waals surface area contributed by atoms with Crippen LogP contribution in [0.3, 0.4) is 0 Å². The van der Waals surface area contributed by atoms with Gasteiger partial charge in [-0.15, -0.1) is 0 Å². The number of rotatable bonds is 2. The van der Waals surface area contributed by atoms with Gasteiger partial charge in [0.25, 0.3) is 12.2 Å². The number of hydrogen-bond donors (Lipinski definition) is 0. The minimum atomic E-state index is -4.72. The standard InChI is InChI=1S/C17H10Cl2F4N2O/c18-9-5-6-13-11(7-9)14(10-3-1-2-4-12(10)19)24-15(20)16(26)25(13)8-17(21,22)23/h1-7,15H,8H2. The van der Waals surface area contributed by atoms with Crippen LogP contribution in [0.15, 0.2) is 47.5 Å². The van der Waals surface area contributed by atoms with Crippen molar-refractivity contribution in [3.05, 3.63) is 63.6 Å². The molecule has 136 valence electrons. The Kier molecular flexibility index (Phi) is 4.94. The van der Waals surface area contributed by atoms with Crippen molar-refractivity contribution in [1.29, 1.82) is 0 Å². The molecular weight excluding hydrogens is 395 g/mol. The van der Waals surface area contributed by atoms with Crippen molar-refractivity contribution in [1.82, 2.24) is 0 Å². The van der Waals surface area contributed by atoms with Crippen LogP contribution in [0.4, 0.5) is 23.2 Å². The molecule has 0 radical (unpaired) electrons. The lowest BCUT2D eigenvalue weighted by Crippen LogP contribution is -2.42. The normalized spacial score (nSPS) is 17.6. The largest absolute Gasteiger partial charge is 0.406 e. The minimum Gasteiger partial charge on any atom is -0.298 e. The van der Waals surface area contributed by atoms with E-state index in [-0.39, 0.29) is 32.6 Å². The molecule has 1 aliphatic heterocycles. The molecule has 2 aromatic carbocycles. The number of carbonyl (C=O) groups excluding carboxylic acids is 1. The van der Waals surface area contributed by atoms with E-state index in [0.29, 0.717) is 4.90 Å². The molecule has 1 atom stereocenters. The molecule has 1 unspecified atom stereocenters. The smallest absolute Gasteiger partial charge is 0.298 e. The number of hydrogen-bond acceptors (Lipinski definition) is 2. The summed E-state index contributed by atoms with van der Waals surface area (Å²) in [5.41, 5.74) is 0.180. The fourth-order valence-electron chi connectivity index (χ4n) is 2.63. The van der Waals surface area contributed by atoms with Gasteiger partial charge >= 0.3 is 6.18 Å². The van der Waals surface area contributed by atoms with E-state index in [1.54, 1.807) is 12.1 Å². The quantitative estimate of drug-likeness (QED) is 0.509. The SMILES string of the molecule is O=C1C(F)N=C(c2ccccc2Cl)c2cc(Cl)ccc2N1CC(F)(F)F. The molecule has 1 amide bonds. The van der Waals surface area contributed by atoms with Gasteiger partial charge in [-0.2, -0.15) is 13.2 Å². The van der Waals surface area contributed by atoms with E-state index in [0.717, 1.165) is 0 Å². The number of aliphatic imine (C=N–C) groups is 1. The van der Waals surface area contributed by atoms with Crippen molar-refractivity contribution in [2.75, 3.05) is 11.4 Å². The van der Waals surface area contributed by atoms with Gasteiger partial charge in [0.05, 0.1) is 11.4 Å². The fraction of sp³-hybridized carbons (Fsp3) is 0.176. The summed E-state index contributed by atoms with van der Waals surface area (Å²) in [4.78, 5) is 16.2. The van der Waals surface area contributed by atoms with Crippen molar-refractivity contribution in [2.24, 2.45) is 4.99 Å². The van der Waals surface area contributed by atoms with Crippen molar-refractivity contribution < 1.29 is 22.4 Å². The van der Waals surface area contributed by atoms with Gasteiger partial charge in [0.15, 0.2) is 0 Å². The molecule has 0 aromatic heterocycles. The maximum absolute atomic E-state index is 14.4. The van der Waals surface area contributed by atoms with Crippen LogP contribution in [-0.2, 0) is 4.79 Å². The summed E-state index contributed by atoms with van der Waals surface area (Å²) in [5, 5.41) is 0.404. The third kappa shape index (κ3) is 3.68. The highest BCUT2D eigenvalue weighted by Gasteiger charge is 2.39. The monoisotopic (exact) mass is 404 g/mol. The number of fused-ring (bicyclic) bond motifs is 1. The lowest BCUT2D eigenvalue weighted by atomic mass is 10.00. The molecule has 0 fully saturated rings. The minimum absolute atomic E-state index is 0.0429. The van der Waals surface area contributed by atoms with Crippen LogP contribution in [0, 0.1) is 0 Å². The van der Waals surface area contributed by atoms with Gasteiger partial charge < -0.3 is 0 Å². The van der Waals surface area contributed by atoms with Gasteiger partial charge in [-0.3, -0.25) is 9.69 Å². The molecule has 0 saturated heterocycles. The molecule has 0 bridgehead atoms. The summed E-state index contributed by atoms with van der Waals surface area (Å²) in [6, 6.07) is 10.2. The molecule has 1 aliphatic rings. The average Bonchev–Trinajstić information content (AvgIpc) is 2.65. The Bertz CT molecular complexity index is 899. The first kappa shape index (κ1) is 18.7. The van der Waals surface area contributed by atoms with Crippen LogP contribution in [0.1, 0.15) is 11.1 Å². The molecule has 9 heteroatoms. The highest BCUT2D eigenvalue weighted by atomic mass is 35.5. The molecule has 0 spiro atoms. The Hall–Kier alpha value is -2.12. The van der Waals surface area contributed by atoms with Crippen molar-refractivity contribution in [3.63, 3.8) is 0 Å². The number of amides is 1. The zero-order valence-electron chi connectivity index (χ0n) is 12.9. The number of alkyl halides is 4. The van der Waals surface area contributed by atoms with E-state index in [1.165, 1.54) is 30.3 Å². The lowest BCUT2D eigenvalue weighted by Gasteiger charge is -2.24.